The largest absolute Gasteiger partial charge is 0.495 e. The molecule has 8 nitrogen and oxygen atoms in total. The molecule has 1 N–H and O–H groups in total. The number of imidazole rings is 1. The molecule has 194 valence electrons. The molecule has 1 fully saturated rings. The molecule has 3 aromatic heterocycles. The van der Waals surface area contributed by atoms with Crippen LogP contribution in [0.5, 0.6) is 5.75 Å². The highest BCUT2D eigenvalue weighted by atomic mass is 35.5. The number of rotatable bonds is 7. The minimum atomic E-state index is 0.232. The van der Waals surface area contributed by atoms with Gasteiger partial charge in [0, 0.05) is 55.5 Å². The van der Waals surface area contributed by atoms with Gasteiger partial charge in [-0.1, -0.05) is 54.1 Å². The van der Waals surface area contributed by atoms with Crippen molar-refractivity contribution in [1.29, 1.82) is 0 Å². The Morgan fingerprint density at radius 2 is 1.87 bits per heavy atom. The molecule has 1 aliphatic carbocycles. The van der Waals surface area contributed by atoms with Gasteiger partial charge in [-0.3, -0.25) is 0 Å². The van der Waals surface area contributed by atoms with Gasteiger partial charge >= 0.3 is 0 Å². The van der Waals surface area contributed by atoms with Gasteiger partial charge in [-0.25, -0.2) is 14.5 Å². The highest BCUT2D eigenvalue weighted by Gasteiger charge is 2.28. The standard InChI is InChI=1S/C29H29ClN6O2/c1-35-15-14-31-29(35)28-33-27(32-19-12-13-20(16-19)37-2)26-24(18-8-5-4-6-9-18)22(17-36(26)34-28)21-10-7-11-23(38-3)25(21)30/h4-11,14-15,17,19-20H,12-13,16H2,1-3H3,(H,32,33,34)/t19-,20+/m1/s1. The Bertz CT molecular complexity index is 1600. The summed E-state index contributed by atoms with van der Waals surface area (Å²) in [5, 5.41) is 9.22. The third-order valence-electron chi connectivity index (χ3n) is 7.25. The second kappa shape index (κ2) is 10.1. The summed E-state index contributed by atoms with van der Waals surface area (Å²) in [4.78, 5) is 9.56. The molecule has 0 radical (unpaired) electrons. The summed E-state index contributed by atoms with van der Waals surface area (Å²) >= 11 is 6.86. The number of aryl methyl sites for hydroxylation is 1. The van der Waals surface area contributed by atoms with Crippen LogP contribution in [-0.2, 0) is 11.8 Å². The molecule has 1 aliphatic rings. The number of nitrogens with one attached hydrogen (secondary N) is 1. The lowest BCUT2D eigenvalue weighted by molar-refractivity contribution is 0.108. The highest BCUT2D eigenvalue weighted by molar-refractivity contribution is 6.35. The average molecular weight is 529 g/mol. The maximum Gasteiger partial charge on any atom is 0.218 e. The van der Waals surface area contributed by atoms with Crippen LogP contribution in [0.1, 0.15) is 19.3 Å². The SMILES string of the molecule is COc1cccc(-c2cn3nc(-c4nccn4C)nc(N[C@@H]4CC[C@H](OC)C4)c3c2-c2ccccc2)c1Cl. The van der Waals surface area contributed by atoms with Crippen molar-refractivity contribution in [1.82, 2.24) is 24.1 Å². The predicted octanol–water partition coefficient (Wildman–Crippen LogP) is 6.11. The first-order chi connectivity index (χ1) is 18.6. The molecule has 1 saturated carbocycles. The molecule has 0 saturated heterocycles. The number of hydrogen-bond donors (Lipinski definition) is 1. The third-order valence-corrected chi connectivity index (χ3v) is 7.64. The molecule has 3 heterocycles. The van der Waals surface area contributed by atoms with Crippen LogP contribution in [0.4, 0.5) is 5.82 Å². The Balaban J connectivity index is 1.63. The second-order valence-electron chi connectivity index (χ2n) is 9.56. The summed E-state index contributed by atoms with van der Waals surface area (Å²) < 4.78 is 15.0. The van der Waals surface area contributed by atoms with E-state index in [4.69, 9.17) is 31.2 Å². The van der Waals surface area contributed by atoms with Crippen molar-refractivity contribution in [3.63, 3.8) is 0 Å². The fourth-order valence-electron chi connectivity index (χ4n) is 5.32. The van der Waals surface area contributed by atoms with Gasteiger partial charge in [0.15, 0.2) is 11.6 Å². The minimum absolute atomic E-state index is 0.232. The zero-order valence-corrected chi connectivity index (χ0v) is 22.3. The van der Waals surface area contributed by atoms with Gasteiger partial charge in [0.05, 0.1) is 18.2 Å². The van der Waals surface area contributed by atoms with Crippen molar-refractivity contribution in [2.24, 2.45) is 7.05 Å². The van der Waals surface area contributed by atoms with E-state index < -0.39 is 0 Å². The number of aromatic nitrogens is 5. The number of halogens is 1. The van der Waals surface area contributed by atoms with Crippen LogP contribution in [-0.4, -0.2) is 50.5 Å². The van der Waals surface area contributed by atoms with Gasteiger partial charge in [-0.05, 0) is 30.9 Å². The summed E-state index contributed by atoms with van der Waals surface area (Å²) in [6.45, 7) is 0. The Morgan fingerprint density at radius 3 is 2.58 bits per heavy atom. The number of anilines is 1. The molecule has 9 heteroatoms. The van der Waals surface area contributed by atoms with Crippen molar-refractivity contribution >= 4 is 22.9 Å². The lowest BCUT2D eigenvalue weighted by Crippen LogP contribution is -2.19. The Morgan fingerprint density at radius 1 is 1.03 bits per heavy atom. The molecule has 38 heavy (non-hydrogen) atoms. The van der Waals surface area contributed by atoms with Crippen LogP contribution in [0.3, 0.4) is 0 Å². The second-order valence-corrected chi connectivity index (χ2v) is 9.93. The summed E-state index contributed by atoms with van der Waals surface area (Å²) in [5.41, 5.74) is 4.72. The van der Waals surface area contributed by atoms with E-state index in [0.717, 1.165) is 52.9 Å². The quantitative estimate of drug-likeness (QED) is 0.275. The Kier molecular flexibility index (Phi) is 6.51. The van der Waals surface area contributed by atoms with Crippen LogP contribution < -0.4 is 10.1 Å². The lowest BCUT2D eigenvalue weighted by Gasteiger charge is -2.17. The van der Waals surface area contributed by atoms with E-state index in [1.807, 2.05) is 64.9 Å². The zero-order valence-electron chi connectivity index (χ0n) is 21.6. The zero-order chi connectivity index (χ0) is 26.2. The average Bonchev–Trinajstić information content (AvgIpc) is 3.67. The van der Waals surface area contributed by atoms with E-state index in [-0.39, 0.29) is 12.1 Å². The van der Waals surface area contributed by atoms with Gasteiger partial charge in [-0.15, -0.1) is 5.10 Å². The smallest absolute Gasteiger partial charge is 0.218 e. The van der Waals surface area contributed by atoms with Crippen molar-refractivity contribution < 1.29 is 9.47 Å². The number of ether oxygens (including phenoxy) is 2. The fraction of sp³-hybridized carbons (Fsp3) is 0.276. The van der Waals surface area contributed by atoms with Crippen LogP contribution in [0.2, 0.25) is 5.02 Å². The molecule has 2 atom stereocenters. The van der Waals surface area contributed by atoms with Crippen molar-refractivity contribution in [2.45, 2.75) is 31.4 Å². The third kappa shape index (κ3) is 4.29. The lowest BCUT2D eigenvalue weighted by atomic mass is 9.97. The Labute approximate surface area is 226 Å². The first-order valence-corrected chi connectivity index (χ1v) is 13.0. The monoisotopic (exact) mass is 528 g/mol. The topological polar surface area (TPSA) is 78.5 Å². The summed E-state index contributed by atoms with van der Waals surface area (Å²) in [7, 11) is 5.34. The summed E-state index contributed by atoms with van der Waals surface area (Å²) in [6, 6.07) is 16.3. The van der Waals surface area contributed by atoms with E-state index in [1.54, 1.807) is 20.4 Å². The van der Waals surface area contributed by atoms with Gasteiger partial charge in [-0.2, -0.15) is 0 Å². The molecule has 6 rings (SSSR count). The molecular weight excluding hydrogens is 500 g/mol. The van der Waals surface area contributed by atoms with E-state index in [1.165, 1.54) is 0 Å². The van der Waals surface area contributed by atoms with E-state index in [9.17, 15) is 0 Å². The highest BCUT2D eigenvalue weighted by Crippen LogP contribution is 2.44. The molecule has 5 aromatic rings. The van der Waals surface area contributed by atoms with Crippen LogP contribution in [0.25, 0.3) is 39.4 Å². The van der Waals surface area contributed by atoms with Crippen LogP contribution >= 0.6 is 11.6 Å². The molecule has 0 amide bonds. The first-order valence-electron chi connectivity index (χ1n) is 12.7. The molecule has 2 aromatic carbocycles. The van der Waals surface area contributed by atoms with Crippen LogP contribution in [0.15, 0.2) is 67.1 Å². The van der Waals surface area contributed by atoms with Gasteiger partial charge in [0.25, 0.3) is 0 Å². The minimum Gasteiger partial charge on any atom is -0.495 e. The Hall–Kier alpha value is -3.88. The molecule has 0 unspecified atom stereocenters. The van der Waals surface area contributed by atoms with Gasteiger partial charge < -0.3 is 19.4 Å². The molecule has 0 bridgehead atoms. The van der Waals surface area contributed by atoms with E-state index in [2.05, 4.69) is 22.4 Å². The van der Waals surface area contributed by atoms with E-state index in [0.29, 0.717) is 22.4 Å². The van der Waals surface area contributed by atoms with Gasteiger partial charge in [0.2, 0.25) is 5.82 Å². The number of hydrogen-bond acceptors (Lipinski definition) is 6. The fourth-order valence-corrected chi connectivity index (χ4v) is 5.62. The molecule has 0 aliphatic heterocycles. The van der Waals surface area contributed by atoms with E-state index >= 15 is 0 Å². The van der Waals surface area contributed by atoms with Crippen molar-refractivity contribution in [2.75, 3.05) is 19.5 Å². The summed E-state index contributed by atoms with van der Waals surface area (Å²) in [5.74, 6) is 2.59. The molecular formula is C29H29ClN6O2. The van der Waals surface area contributed by atoms with Crippen molar-refractivity contribution in [3.05, 3.63) is 72.1 Å². The number of nitrogens with zero attached hydrogens (tertiary/aromatic N) is 5. The predicted molar refractivity (Wildman–Crippen MR) is 150 cm³/mol. The first kappa shape index (κ1) is 24.5. The number of benzene rings is 2. The normalized spacial score (nSPS) is 17.3. The number of fused-ring (bicyclic) bond motifs is 1. The number of methoxy groups -OCH3 is 2. The van der Waals surface area contributed by atoms with Crippen LogP contribution in [0, 0.1) is 0 Å². The maximum atomic E-state index is 6.86. The van der Waals surface area contributed by atoms with Crippen molar-refractivity contribution in [3.8, 4) is 39.7 Å². The summed E-state index contributed by atoms with van der Waals surface area (Å²) in [6.07, 6.45) is 8.84. The molecule has 0 spiro atoms. The maximum absolute atomic E-state index is 6.86. The van der Waals surface area contributed by atoms with Gasteiger partial charge in [0.1, 0.15) is 11.3 Å².